The number of carbonyl (C=O) groups excluding carboxylic acids is 1. The highest BCUT2D eigenvalue weighted by molar-refractivity contribution is 9.10. The molecule has 0 aliphatic heterocycles. The van der Waals surface area contributed by atoms with Gasteiger partial charge in [-0.2, -0.15) is 0 Å². The number of aldehydes is 1. The maximum Gasteiger partial charge on any atom is 0.161 e. The van der Waals surface area contributed by atoms with Crippen LogP contribution < -0.4 is 14.2 Å². The molecule has 2 aromatic carbocycles. The van der Waals surface area contributed by atoms with Crippen LogP contribution in [0.1, 0.15) is 34.3 Å². The van der Waals surface area contributed by atoms with Crippen molar-refractivity contribution in [3.63, 3.8) is 0 Å². The van der Waals surface area contributed by atoms with Gasteiger partial charge in [0.15, 0.2) is 11.5 Å². The number of benzene rings is 2. The first-order chi connectivity index (χ1) is 12.0. The summed E-state index contributed by atoms with van der Waals surface area (Å²) in [7, 11) is 1.56. The molecular weight excluding hydrogens is 384 g/mol. The van der Waals surface area contributed by atoms with Crippen LogP contribution in [0.25, 0.3) is 0 Å². The van der Waals surface area contributed by atoms with E-state index in [4.69, 9.17) is 14.2 Å². The summed E-state index contributed by atoms with van der Waals surface area (Å²) in [6, 6.07) is 9.26. The van der Waals surface area contributed by atoms with E-state index in [0.29, 0.717) is 30.3 Å². The number of aryl methyl sites for hydroxylation is 2. The fraction of sp³-hybridized carbons (Fsp3) is 0.350. The average Bonchev–Trinajstić information content (AvgIpc) is 2.59. The highest BCUT2D eigenvalue weighted by Gasteiger charge is 2.07. The fourth-order valence-corrected chi connectivity index (χ4v) is 3.25. The average molecular weight is 407 g/mol. The van der Waals surface area contributed by atoms with Crippen LogP contribution in [-0.2, 0) is 0 Å². The van der Waals surface area contributed by atoms with Gasteiger partial charge < -0.3 is 14.2 Å². The van der Waals surface area contributed by atoms with Crippen LogP contribution >= 0.6 is 15.9 Å². The number of unbranched alkanes of at least 4 members (excludes halogenated alkanes) is 1. The molecule has 0 bridgehead atoms. The third kappa shape index (κ3) is 5.49. The summed E-state index contributed by atoms with van der Waals surface area (Å²) in [4.78, 5) is 10.8. The van der Waals surface area contributed by atoms with Crippen LogP contribution in [0, 0.1) is 13.8 Å². The van der Waals surface area contributed by atoms with Crippen LogP contribution in [0.3, 0.4) is 0 Å². The molecule has 2 rings (SSSR count). The first kappa shape index (κ1) is 19.3. The summed E-state index contributed by atoms with van der Waals surface area (Å²) in [5.74, 6) is 2.17. The Labute approximate surface area is 157 Å². The normalized spacial score (nSPS) is 10.4. The van der Waals surface area contributed by atoms with Crippen molar-refractivity contribution in [1.82, 2.24) is 0 Å². The van der Waals surface area contributed by atoms with E-state index in [-0.39, 0.29) is 0 Å². The molecule has 5 heteroatoms. The highest BCUT2D eigenvalue weighted by Crippen LogP contribution is 2.28. The van der Waals surface area contributed by atoms with E-state index in [9.17, 15) is 4.79 Å². The van der Waals surface area contributed by atoms with Gasteiger partial charge >= 0.3 is 0 Å². The molecular formula is C20H23BrO4. The predicted octanol–water partition coefficient (Wildman–Crippen LogP) is 5.13. The molecule has 25 heavy (non-hydrogen) atoms. The molecule has 134 valence electrons. The lowest BCUT2D eigenvalue weighted by molar-refractivity contribution is 0.112. The molecule has 0 amide bonds. The largest absolute Gasteiger partial charge is 0.493 e. The van der Waals surface area contributed by atoms with Gasteiger partial charge in [0, 0.05) is 10.0 Å². The second kappa shape index (κ2) is 9.47. The first-order valence-electron chi connectivity index (χ1n) is 8.20. The van der Waals surface area contributed by atoms with Gasteiger partial charge in [0.25, 0.3) is 0 Å². The molecule has 0 spiro atoms. The Hall–Kier alpha value is -2.01. The number of methoxy groups -OCH3 is 1. The molecule has 0 fully saturated rings. The van der Waals surface area contributed by atoms with Crippen molar-refractivity contribution in [2.24, 2.45) is 0 Å². The minimum atomic E-state index is 0.567. The molecule has 0 N–H and O–H groups in total. The monoisotopic (exact) mass is 406 g/mol. The Morgan fingerprint density at radius 2 is 1.60 bits per heavy atom. The zero-order chi connectivity index (χ0) is 18.2. The highest BCUT2D eigenvalue weighted by atomic mass is 79.9. The Bertz CT molecular complexity index is 705. The van der Waals surface area contributed by atoms with E-state index < -0.39 is 0 Å². The van der Waals surface area contributed by atoms with Crippen LogP contribution in [0.4, 0.5) is 0 Å². The third-order valence-corrected chi connectivity index (χ3v) is 4.25. The van der Waals surface area contributed by atoms with E-state index in [2.05, 4.69) is 28.1 Å². The van der Waals surface area contributed by atoms with Crippen molar-refractivity contribution >= 4 is 22.2 Å². The van der Waals surface area contributed by atoms with Crippen molar-refractivity contribution in [2.45, 2.75) is 26.7 Å². The van der Waals surface area contributed by atoms with Gasteiger partial charge in [-0.1, -0.05) is 15.9 Å². The van der Waals surface area contributed by atoms with Gasteiger partial charge in [-0.3, -0.25) is 4.79 Å². The minimum absolute atomic E-state index is 0.567. The Kier molecular flexibility index (Phi) is 7.31. The number of ether oxygens (including phenoxy) is 3. The minimum Gasteiger partial charge on any atom is -0.493 e. The van der Waals surface area contributed by atoms with E-state index in [1.54, 1.807) is 25.3 Å². The molecule has 0 aliphatic carbocycles. The van der Waals surface area contributed by atoms with Crippen molar-refractivity contribution in [3.8, 4) is 17.2 Å². The summed E-state index contributed by atoms with van der Waals surface area (Å²) in [6.45, 7) is 5.31. The van der Waals surface area contributed by atoms with Gasteiger partial charge in [0.2, 0.25) is 0 Å². The molecule has 2 aromatic rings. The Morgan fingerprint density at radius 3 is 2.20 bits per heavy atom. The van der Waals surface area contributed by atoms with Gasteiger partial charge in [-0.05, 0) is 68.1 Å². The standard InChI is InChI=1S/C20H23BrO4/c1-14-10-17(21)11-15(2)20(14)25-9-5-4-8-24-18-7-6-16(13-22)12-19(18)23-3/h6-7,10-13H,4-5,8-9H2,1-3H3. The van der Waals surface area contributed by atoms with Gasteiger partial charge in [0.05, 0.1) is 20.3 Å². The van der Waals surface area contributed by atoms with Crippen molar-refractivity contribution in [2.75, 3.05) is 20.3 Å². The molecule has 0 radical (unpaired) electrons. The van der Waals surface area contributed by atoms with Crippen molar-refractivity contribution in [1.29, 1.82) is 0 Å². The number of rotatable bonds is 9. The zero-order valence-corrected chi connectivity index (χ0v) is 16.4. The summed E-state index contributed by atoms with van der Waals surface area (Å²) in [6.07, 6.45) is 2.55. The first-order valence-corrected chi connectivity index (χ1v) is 9.00. The molecule has 0 saturated carbocycles. The van der Waals surface area contributed by atoms with E-state index in [1.165, 1.54) is 0 Å². The fourth-order valence-electron chi connectivity index (χ4n) is 2.56. The van der Waals surface area contributed by atoms with Gasteiger partial charge in [-0.15, -0.1) is 0 Å². The Morgan fingerprint density at radius 1 is 0.960 bits per heavy atom. The molecule has 0 heterocycles. The number of hydrogen-bond donors (Lipinski definition) is 0. The maximum atomic E-state index is 10.8. The second-order valence-corrected chi connectivity index (χ2v) is 6.72. The molecule has 0 aromatic heterocycles. The lowest BCUT2D eigenvalue weighted by Gasteiger charge is -2.13. The van der Waals surface area contributed by atoms with Gasteiger partial charge in [0.1, 0.15) is 12.0 Å². The molecule has 0 aliphatic rings. The topological polar surface area (TPSA) is 44.8 Å². The predicted molar refractivity (Wildman–Crippen MR) is 102 cm³/mol. The smallest absolute Gasteiger partial charge is 0.161 e. The summed E-state index contributed by atoms with van der Waals surface area (Å²) < 4.78 is 18.0. The Balaban J connectivity index is 1.76. The molecule has 0 atom stereocenters. The molecule has 0 unspecified atom stereocenters. The zero-order valence-electron chi connectivity index (χ0n) is 14.8. The number of hydrogen-bond acceptors (Lipinski definition) is 4. The number of halogens is 1. The number of carbonyl (C=O) groups is 1. The van der Waals surface area contributed by atoms with E-state index >= 15 is 0 Å². The molecule has 0 saturated heterocycles. The van der Waals surface area contributed by atoms with E-state index in [1.807, 2.05) is 13.8 Å². The summed E-state index contributed by atoms with van der Waals surface area (Å²) in [5, 5.41) is 0. The van der Waals surface area contributed by atoms with Crippen LogP contribution in [0.2, 0.25) is 0 Å². The maximum absolute atomic E-state index is 10.8. The summed E-state index contributed by atoms with van der Waals surface area (Å²) in [5.41, 5.74) is 2.82. The van der Waals surface area contributed by atoms with Crippen molar-refractivity contribution in [3.05, 3.63) is 51.5 Å². The van der Waals surface area contributed by atoms with Crippen LogP contribution in [-0.4, -0.2) is 26.6 Å². The third-order valence-electron chi connectivity index (χ3n) is 3.79. The van der Waals surface area contributed by atoms with E-state index in [0.717, 1.165) is 40.5 Å². The van der Waals surface area contributed by atoms with Crippen molar-refractivity contribution < 1.29 is 19.0 Å². The van der Waals surface area contributed by atoms with Gasteiger partial charge in [-0.25, -0.2) is 0 Å². The van der Waals surface area contributed by atoms with Crippen LogP contribution in [0.15, 0.2) is 34.8 Å². The SMILES string of the molecule is COc1cc(C=O)ccc1OCCCCOc1c(C)cc(Br)cc1C. The second-order valence-electron chi connectivity index (χ2n) is 5.80. The van der Waals surface area contributed by atoms with Crippen LogP contribution in [0.5, 0.6) is 17.2 Å². The lowest BCUT2D eigenvalue weighted by atomic mass is 10.1. The molecule has 4 nitrogen and oxygen atoms in total. The summed E-state index contributed by atoms with van der Waals surface area (Å²) >= 11 is 3.49. The lowest BCUT2D eigenvalue weighted by Crippen LogP contribution is -2.05. The quantitative estimate of drug-likeness (QED) is 0.427.